The molecule has 0 aliphatic carbocycles. The highest BCUT2D eigenvalue weighted by Gasteiger charge is 2.41. The van der Waals surface area contributed by atoms with Gasteiger partial charge in [-0.05, 0) is 36.8 Å². The number of methoxy groups -OCH3 is 2. The topological polar surface area (TPSA) is 67.9 Å². The summed E-state index contributed by atoms with van der Waals surface area (Å²) in [6.45, 7) is 3.45. The SMILES string of the molecule is CCCNC(=O)[C@@H]1CN(C(=O)c2ccccc2)C[C@H]1c1cc(OC)ccc1OC. The van der Waals surface area contributed by atoms with E-state index in [1.165, 1.54) is 0 Å². The van der Waals surface area contributed by atoms with Crippen LogP contribution in [0.4, 0.5) is 0 Å². The lowest BCUT2D eigenvalue weighted by Gasteiger charge is -2.21. The summed E-state index contributed by atoms with van der Waals surface area (Å²) in [4.78, 5) is 27.7. The van der Waals surface area contributed by atoms with Crippen LogP contribution >= 0.6 is 0 Å². The van der Waals surface area contributed by atoms with E-state index in [4.69, 9.17) is 9.47 Å². The molecule has 6 nitrogen and oxygen atoms in total. The van der Waals surface area contributed by atoms with Crippen LogP contribution in [0.1, 0.15) is 35.2 Å². The maximum Gasteiger partial charge on any atom is 0.253 e. The van der Waals surface area contributed by atoms with E-state index in [0.29, 0.717) is 36.7 Å². The normalized spacial score (nSPS) is 18.4. The second-order valence-electron chi connectivity index (χ2n) is 7.19. The third-order valence-corrected chi connectivity index (χ3v) is 5.35. The molecule has 0 aromatic heterocycles. The van der Waals surface area contributed by atoms with Gasteiger partial charge in [0.2, 0.25) is 5.91 Å². The molecule has 0 spiro atoms. The molecular weight excluding hydrogens is 368 g/mol. The minimum Gasteiger partial charge on any atom is -0.497 e. The molecule has 0 radical (unpaired) electrons. The lowest BCUT2D eigenvalue weighted by Crippen LogP contribution is -2.36. The molecule has 1 saturated heterocycles. The van der Waals surface area contributed by atoms with Crippen LogP contribution in [-0.4, -0.2) is 50.6 Å². The number of amides is 2. The molecule has 1 aliphatic heterocycles. The number of ether oxygens (including phenoxy) is 2. The quantitative estimate of drug-likeness (QED) is 0.781. The first kappa shape index (κ1) is 20.7. The van der Waals surface area contributed by atoms with Crippen molar-refractivity contribution in [3.63, 3.8) is 0 Å². The fraction of sp³-hybridized carbons (Fsp3) is 0.391. The first-order valence-electron chi connectivity index (χ1n) is 9.93. The van der Waals surface area contributed by atoms with E-state index in [1.54, 1.807) is 31.3 Å². The van der Waals surface area contributed by atoms with Gasteiger partial charge in [0.1, 0.15) is 11.5 Å². The van der Waals surface area contributed by atoms with Gasteiger partial charge in [-0.1, -0.05) is 25.1 Å². The first-order chi connectivity index (χ1) is 14.1. The van der Waals surface area contributed by atoms with Gasteiger partial charge in [0, 0.05) is 36.7 Å². The summed E-state index contributed by atoms with van der Waals surface area (Å²) in [7, 11) is 3.22. The van der Waals surface area contributed by atoms with Crippen molar-refractivity contribution in [3.05, 3.63) is 59.7 Å². The maximum absolute atomic E-state index is 13.0. The Morgan fingerprint density at radius 2 is 1.83 bits per heavy atom. The molecule has 6 heteroatoms. The fourth-order valence-electron chi connectivity index (χ4n) is 3.82. The monoisotopic (exact) mass is 396 g/mol. The molecule has 2 amide bonds. The molecule has 1 aliphatic rings. The van der Waals surface area contributed by atoms with Crippen molar-refractivity contribution >= 4 is 11.8 Å². The lowest BCUT2D eigenvalue weighted by molar-refractivity contribution is -0.124. The van der Waals surface area contributed by atoms with Crippen molar-refractivity contribution in [2.45, 2.75) is 19.3 Å². The summed E-state index contributed by atoms with van der Waals surface area (Å²) in [6.07, 6.45) is 0.859. The van der Waals surface area contributed by atoms with Crippen LogP contribution in [0.2, 0.25) is 0 Å². The molecule has 2 aromatic carbocycles. The molecule has 0 bridgehead atoms. The van der Waals surface area contributed by atoms with E-state index in [-0.39, 0.29) is 23.7 Å². The molecule has 1 fully saturated rings. The molecule has 0 unspecified atom stereocenters. The highest BCUT2D eigenvalue weighted by atomic mass is 16.5. The Labute approximate surface area is 171 Å². The Hall–Kier alpha value is -3.02. The Morgan fingerprint density at radius 3 is 2.48 bits per heavy atom. The molecule has 1 N–H and O–H groups in total. The Balaban J connectivity index is 1.94. The number of nitrogens with zero attached hydrogens (tertiary/aromatic N) is 1. The van der Waals surface area contributed by atoms with Crippen LogP contribution in [0.5, 0.6) is 11.5 Å². The summed E-state index contributed by atoms with van der Waals surface area (Å²) in [5.74, 6) is 0.757. The zero-order valence-electron chi connectivity index (χ0n) is 17.2. The van der Waals surface area contributed by atoms with Crippen molar-refractivity contribution in [3.8, 4) is 11.5 Å². The molecule has 1 heterocycles. The first-order valence-corrected chi connectivity index (χ1v) is 9.93. The van der Waals surface area contributed by atoms with Crippen LogP contribution in [-0.2, 0) is 4.79 Å². The van der Waals surface area contributed by atoms with E-state index in [1.807, 2.05) is 43.3 Å². The van der Waals surface area contributed by atoms with Crippen molar-refractivity contribution in [1.82, 2.24) is 10.2 Å². The Morgan fingerprint density at radius 1 is 1.07 bits per heavy atom. The largest absolute Gasteiger partial charge is 0.497 e. The van der Waals surface area contributed by atoms with Crippen LogP contribution in [0, 0.1) is 5.92 Å². The van der Waals surface area contributed by atoms with Crippen LogP contribution in [0.15, 0.2) is 48.5 Å². The standard InChI is InChI=1S/C23H28N2O4/c1-4-12-24-22(26)20-15-25(23(27)16-8-6-5-7-9-16)14-19(20)18-13-17(28-2)10-11-21(18)29-3/h5-11,13,19-20H,4,12,14-15H2,1-3H3,(H,24,26)/t19-,20+/m0/s1. The van der Waals surface area contributed by atoms with Crippen molar-refractivity contribution in [2.24, 2.45) is 5.92 Å². The molecule has 2 aromatic rings. The van der Waals surface area contributed by atoms with E-state index in [2.05, 4.69) is 5.32 Å². The van der Waals surface area contributed by atoms with Gasteiger partial charge in [-0.3, -0.25) is 9.59 Å². The van der Waals surface area contributed by atoms with Crippen LogP contribution in [0.3, 0.4) is 0 Å². The number of carbonyl (C=O) groups excluding carboxylic acids is 2. The average molecular weight is 396 g/mol. The van der Waals surface area contributed by atoms with Gasteiger partial charge < -0.3 is 19.7 Å². The number of hydrogen-bond acceptors (Lipinski definition) is 4. The second kappa shape index (κ2) is 9.45. The van der Waals surface area contributed by atoms with E-state index < -0.39 is 0 Å². The number of likely N-dealkylation sites (tertiary alicyclic amines) is 1. The fourth-order valence-corrected chi connectivity index (χ4v) is 3.82. The lowest BCUT2D eigenvalue weighted by atomic mass is 9.87. The Kier molecular flexibility index (Phi) is 6.75. The summed E-state index contributed by atoms with van der Waals surface area (Å²) in [6, 6.07) is 14.7. The van der Waals surface area contributed by atoms with Crippen molar-refractivity contribution in [1.29, 1.82) is 0 Å². The Bertz CT molecular complexity index is 853. The average Bonchev–Trinajstić information content (AvgIpc) is 3.22. The van der Waals surface area contributed by atoms with E-state index >= 15 is 0 Å². The highest BCUT2D eigenvalue weighted by molar-refractivity contribution is 5.95. The summed E-state index contributed by atoms with van der Waals surface area (Å²) in [5.41, 5.74) is 1.50. The molecule has 154 valence electrons. The van der Waals surface area contributed by atoms with E-state index in [9.17, 15) is 9.59 Å². The maximum atomic E-state index is 13.0. The van der Waals surface area contributed by atoms with Crippen LogP contribution < -0.4 is 14.8 Å². The van der Waals surface area contributed by atoms with Gasteiger partial charge in [0.05, 0.1) is 20.1 Å². The van der Waals surface area contributed by atoms with Crippen molar-refractivity contribution in [2.75, 3.05) is 33.9 Å². The summed E-state index contributed by atoms with van der Waals surface area (Å²) in [5, 5.41) is 2.99. The summed E-state index contributed by atoms with van der Waals surface area (Å²) >= 11 is 0. The molecule has 0 saturated carbocycles. The zero-order chi connectivity index (χ0) is 20.8. The molecule has 29 heavy (non-hydrogen) atoms. The molecule has 2 atom stereocenters. The number of hydrogen-bond donors (Lipinski definition) is 1. The minimum atomic E-state index is -0.352. The van der Waals surface area contributed by atoms with Gasteiger partial charge in [0.25, 0.3) is 5.91 Å². The third kappa shape index (κ3) is 4.53. The van der Waals surface area contributed by atoms with Gasteiger partial charge in [-0.2, -0.15) is 0 Å². The van der Waals surface area contributed by atoms with Crippen LogP contribution in [0.25, 0.3) is 0 Å². The van der Waals surface area contributed by atoms with Gasteiger partial charge in [-0.15, -0.1) is 0 Å². The second-order valence-corrected chi connectivity index (χ2v) is 7.19. The third-order valence-electron chi connectivity index (χ3n) is 5.35. The predicted octanol–water partition coefficient (Wildman–Crippen LogP) is 3.09. The summed E-state index contributed by atoms with van der Waals surface area (Å²) < 4.78 is 10.9. The smallest absolute Gasteiger partial charge is 0.253 e. The van der Waals surface area contributed by atoms with Gasteiger partial charge in [-0.25, -0.2) is 0 Å². The minimum absolute atomic E-state index is 0.0370. The zero-order valence-corrected chi connectivity index (χ0v) is 17.2. The molecular formula is C23H28N2O4. The number of carbonyl (C=O) groups is 2. The van der Waals surface area contributed by atoms with Crippen molar-refractivity contribution < 1.29 is 19.1 Å². The number of benzene rings is 2. The van der Waals surface area contributed by atoms with Gasteiger partial charge in [0.15, 0.2) is 0 Å². The van der Waals surface area contributed by atoms with Gasteiger partial charge >= 0.3 is 0 Å². The predicted molar refractivity (Wildman–Crippen MR) is 111 cm³/mol. The molecule has 3 rings (SSSR count). The highest BCUT2D eigenvalue weighted by Crippen LogP contribution is 2.40. The van der Waals surface area contributed by atoms with E-state index in [0.717, 1.165) is 12.0 Å². The number of rotatable bonds is 7. The number of nitrogens with one attached hydrogen (secondary N) is 1.